The molecule has 0 saturated carbocycles. The first kappa shape index (κ1) is 15.3. The number of nitrogens with zero attached hydrogens (tertiary/aromatic N) is 1. The number of benzene rings is 1. The van der Waals surface area contributed by atoms with Crippen LogP contribution in [0.15, 0.2) is 24.3 Å². The van der Waals surface area contributed by atoms with Crippen molar-refractivity contribution >= 4 is 17.5 Å². The van der Waals surface area contributed by atoms with Crippen LogP contribution in [0.3, 0.4) is 0 Å². The standard InChI is InChI=1S/C15H21ClN2O2/c1-2-3-13(17)15(19)18-8-9-20-14(10-18)11-4-6-12(16)7-5-11/h4-7,13-14H,2-3,8-10,17H2,1H3/t13-,14?/m1/s1. The summed E-state index contributed by atoms with van der Waals surface area (Å²) in [5.74, 6) is 0.0223. The Morgan fingerprint density at radius 3 is 2.85 bits per heavy atom. The Kier molecular flexibility index (Phi) is 5.40. The molecule has 1 aliphatic heterocycles. The molecule has 5 heteroatoms. The Bertz CT molecular complexity index is 450. The van der Waals surface area contributed by atoms with Crippen molar-refractivity contribution in [3.05, 3.63) is 34.9 Å². The summed E-state index contributed by atoms with van der Waals surface area (Å²) in [6, 6.07) is 7.15. The molecule has 1 saturated heterocycles. The monoisotopic (exact) mass is 296 g/mol. The lowest BCUT2D eigenvalue weighted by molar-refractivity contribution is -0.140. The summed E-state index contributed by atoms with van der Waals surface area (Å²) in [6.07, 6.45) is 1.54. The average Bonchev–Trinajstić information content (AvgIpc) is 2.47. The largest absolute Gasteiger partial charge is 0.370 e. The van der Waals surface area contributed by atoms with Gasteiger partial charge >= 0.3 is 0 Å². The van der Waals surface area contributed by atoms with Gasteiger partial charge in [0, 0.05) is 11.6 Å². The predicted molar refractivity (Wildman–Crippen MR) is 79.6 cm³/mol. The van der Waals surface area contributed by atoms with Gasteiger partial charge in [-0.3, -0.25) is 4.79 Å². The minimum absolute atomic E-state index is 0.0223. The average molecular weight is 297 g/mol. The molecule has 2 atom stereocenters. The number of morpholine rings is 1. The fraction of sp³-hybridized carbons (Fsp3) is 0.533. The molecule has 110 valence electrons. The van der Waals surface area contributed by atoms with E-state index in [0.717, 1.165) is 18.4 Å². The van der Waals surface area contributed by atoms with Crippen LogP contribution in [0.4, 0.5) is 0 Å². The Morgan fingerprint density at radius 2 is 2.20 bits per heavy atom. The van der Waals surface area contributed by atoms with Crippen LogP contribution in [0.1, 0.15) is 31.4 Å². The van der Waals surface area contributed by atoms with Crippen LogP contribution >= 0.6 is 11.6 Å². The molecule has 2 N–H and O–H groups in total. The van der Waals surface area contributed by atoms with Gasteiger partial charge in [0.2, 0.25) is 5.91 Å². The Hall–Kier alpha value is -1.10. The summed E-state index contributed by atoms with van der Waals surface area (Å²) in [5.41, 5.74) is 6.95. The quantitative estimate of drug-likeness (QED) is 0.928. The van der Waals surface area contributed by atoms with Crippen LogP contribution in [0.2, 0.25) is 5.02 Å². The summed E-state index contributed by atoms with van der Waals surface area (Å²) in [6.45, 7) is 3.74. The first-order chi connectivity index (χ1) is 9.61. The molecule has 0 spiro atoms. The lowest BCUT2D eigenvalue weighted by Crippen LogP contribution is -2.49. The molecular weight excluding hydrogens is 276 g/mol. The normalized spacial score (nSPS) is 20.8. The highest BCUT2D eigenvalue weighted by Crippen LogP contribution is 2.24. The van der Waals surface area contributed by atoms with Gasteiger partial charge in [0.05, 0.1) is 19.2 Å². The van der Waals surface area contributed by atoms with Gasteiger partial charge in [-0.25, -0.2) is 0 Å². The van der Waals surface area contributed by atoms with Gasteiger partial charge in [0.1, 0.15) is 6.10 Å². The fourth-order valence-electron chi connectivity index (χ4n) is 2.40. The topological polar surface area (TPSA) is 55.6 Å². The molecule has 1 heterocycles. The van der Waals surface area contributed by atoms with E-state index in [9.17, 15) is 4.79 Å². The number of ether oxygens (including phenoxy) is 1. The van der Waals surface area contributed by atoms with E-state index in [2.05, 4.69) is 0 Å². The van der Waals surface area contributed by atoms with E-state index in [1.807, 2.05) is 36.1 Å². The third-order valence-electron chi connectivity index (χ3n) is 3.54. The van der Waals surface area contributed by atoms with Crippen molar-refractivity contribution in [3.8, 4) is 0 Å². The molecule has 2 rings (SSSR count). The molecule has 1 unspecified atom stereocenters. The van der Waals surface area contributed by atoms with E-state index in [1.165, 1.54) is 0 Å². The number of hydrogen-bond acceptors (Lipinski definition) is 3. The highest BCUT2D eigenvalue weighted by atomic mass is 35.5. The number of carbonyl (C=O) groups excluding carboxylic acids is 1. The first-order valence-corrected chi connectivity index (χ1v) is 7.41. The molecule has 0 bridgehead atoms. The molecule has 1 aliphatic rings. The lowest BCUT2D eigenvalue weighted by atomic mass is 10.1. The second-order valence-corrected chi connectivity index (χ2v) is 5.53. The molecule has 0 radical (unpaired) electrons. The van der Waals surface area contributed by atoms with Crippen molar-refractivity contribution < 1.29 is 9.53 Å². The van der Waals surface area contributed by atoms with Gasteiger partial charge in [-0.2, -0.15) is 0 Å². The van der Waals surface area contributed by atoms with Crippen LogP contribution in [-0.2, 0) is 9.53 Å². The van der Waals surface area contributed by atoms with Gasteiger partial charge in [0.25, 0.3) is 0 Å². The zero-order valence-corrected chi connectivity index (χ0v) is 12.5. The second-order valence-electron chi connectivity index (χ2n) is 5.09. The minimum atomic E-state index is -0.399. The highest BCUT2D eigenvalue weighted by molar-refractivity contribution is 6.30. The number of hydrogen-bond donors (Lipinski definition) is 1. The van der Waals surface area contributed by atoms with Crippen molar-refractivity contribution in [2.24, 2.45) is 5.73 Å². The molecule has 1 aromatic carbocycles. The number of nitrogens with two attached hydrogens (primary N) is 1. The molecule has 20 heavy (non-hydrogen) atoms. The Morgan fingerprint density at radius 1 is 1.50 bits per heavy atom. The molecule has 1 amide bonds. The van der Waals surface area contributed by atoms with E-state index >= 15 is 0 Å². The molecular formula is C15H21ClN2O2. The predicted octanol–water partition coefficient (Wildman–Crippen LogP) is 2.37. The van der Waals surface area contributed by atoms with E-state index in [1.54, 1.807) is 0 Å². The van der Waals surface area contributed by atoms with Gasteiger partial charge < -0.3 is 15.4 Å². The Balaban J connectivity index is 2.01. The first-order valence-electron chi connectivity index (χ1n) is 7.03. The minimum Gasteiger partial charge on any atom is -0.370 e. The number of halogens is 1. The van der Waals surface area contributed by atoms with E-state index < -0.39 is 6.04 Å². The maximum absolute atomic E-state index is 12.2. The van der Waals surface area contributed by atoms with Crippen LogP contribution < -0.4 is 5.73 Å². The number of rotatable bonds is 4. The summed E-state index contributed by atoms with van der Waals surface area (Å²) in [5, 5.41) is 0.697. The van der Waals surface area contributed by atoms with Crippen LogP contribution in [0.25, 0.3) is 0 Å². The number of amides is 1. The lowest BCUT2D eigenvalue weighted by Gasteiger charge is -2.34. The summed E-state index contributed by atoms with van der Waals surface area (Å²) >= 11 is 5.88. The third-order valence-corrected chi connectivity index (χ3v) is 3.79. The van der Waals surface area contributed by atoms with Crippen molar-refractivity contribution in [2.75, 3.05) is 19.7 Å². The molecule has 4 nitrogen and oxygen atoms in total. The molecule has 1 aromatic rings. The zero-order valence-electron chi connectivity index (χ0n) is 11.7. The van der Waals surface area contributed by atoms with E-state index in [0.29, 0.717) is 24.7 Å². The number of carbonyl (C=O) groups is 1. The molecule has 0 aliphatic carbocycles. The van der Waals surface area contributed by atoms with E-state index in [-0.39, 0.29) is 12.0 Å². The van der Waals surface area contributed by atoms with Crippen LogP contribution in [-0.4, -0.2) is 36.5 Å². The zero-order chi connectivity index (χ0) is 14.5. The Labute approximate surface area is 124 Å². The van der Waals surface area contributed by atoms with Gasteiger partial charge in [0.15, 0.2) is 0 Å². The SMILES string of the molecule is CCC[C@@H](N)C(=O)N1CCOC(c2ccc(Cl)cc2)C1. The van der Waals surface area contributed by atoms with Crippen molar-refractivity contribution in [3.63, 3.8) is 0 Å². The smallest absolute Gasteiger partial charge is 0.239 e. The van der Waals surface area contributed by atoms with Gasteiger partial charge in [-0.1, -0.05) is 37.1 Å². The van der Waals surface area contributed by atoms with Crippen LogP contribution in [0, 0.1) is 0 Å². The maximum Gasteiger partial charge on any atom is 0.239 e. The van der Waals surface area contributed by atoms with Crippen LogP contribution in [0.5, 0.6) is 0 Å². The van der Waals surface area contributed by atoms with E-state index in [4.69, 9.17) is 22.1 Å². The van der Waals surface area contributed by atoms with Gasteiger partial charge in [-0.05, 0) is 24.1 Å². The summed E-state index contributed by atoms with van der Waals surface area (Å²) in [4.78, 5) is 14.1. The summed E-state index contributed by atoms with van der Waals surface area (Å²) < 4.78 is 5.75. The van der Waals surface area contributed by atoms with Gasteiger partial charge in [-0.15, -0.1) is 0 Å². The fourth-order valence-corrected chi connectivity index (χ4v) is 2.52. The van der Waals surface area contributed by atoms with Crippen molar-refractivity contribution in [1.82, 2.24) is 4.90 Å². The molecule has 0 aromatic heterocycles. The summed E-state index contributed by atoms with van der Waals surface area (Å²) in [7, 11) is 0. The van der Waals surface area contributed by atoms with Crippen molar-refractivity contribution in [2.45, 2.75) is 31.9 Å². The third kappa shape index (κ3) is 3.72. The molecule has 1 fully saturated rings. The highest BCUT2D eigenvalue weighted by Gasteiger charge is 2.27. The van der Waals surface area contributed by atoms with Crippen molar-refractivity contribution in [1.29, 1.82) is 0 Å². The second kappa shape index (κ2) is 7.07. The maximum atomic E-state index is 12.2.